The van der Waals surface area contributed by atoms with Crippen LogP contribution in [0.15, 0.2) is 60.7 Å². The number of benzene rings is 2. The Bertz CT molecular complexity index is 497. The Morgan fingerprint density at radius 2 is 1.29 bits per heavy atom. The van der Waals surface area contributed by atoms with Crippen LogP contribution in [0.5, 0.6) is 0 Å². The van der Waals surface area contributed by atoms with Crippen LogP contribution in [0, 0.1) is 0 Å². The molecule has 21 heavy (non-hydrogen) atoms. The Balaban J connectivity index is 2.25. The highest BCUT2D eigenvalue weighted by molar-refractivity contribution is 7.75. The molecule has 0 saturated heterocycles. The van der Waals surface area contributed by atoms with Crippen LogP contribution < -0.4 is 10.6 Å². The standard InChI is InChI=1S/C18H25OPSi/c1-15(21-19-18(2,3)4)20(16-11-7-5-8-12-16)17-13-9-6-10-14-17/h5-15H,21H2,1-4H3. The van der Waals surface area contributed by atoms with Gasteiger partial charge >= 0.3 is 0 Å². The van der Waals surface area contributed by atoms with Crippen molar-refractivity contribution >= 4 is 28.3 Å². The van der Waals surface area contributed by atoms with Crippen molar-refractivity contribution in [2.75, 3.05) is 0 Å². The third-order valence-corrected chi connectivity index (χ3v) is 8.92. The molecule has 0 aliphatic rings. The summed E-state index contributed by atoms with van der Waals surface area (Å²) in [6.45, 7) is 8.82. The van der Waals surface area contributed by atoms with Crippen LogP contribution in [0.1, 0.15) is 27.7 Å². The predicted molar refractivity (Wildman–Crippen MR) is 97.9 cm³/mol. The molecule has 0 N–H and O–H groups in total. The molecule has 1 atom stereocenters. The highest BCUT2D eigenvalue weighted by atomic mass is 31.1. The van der Waals surface area contributed by atoms with Gasteiger partial charge in [-0.1, -0.05) is 67.6 Å². The maximum Gasteiger partial charge on any atom is 0.169 e. The van der Waals surface area contributed by atoms with Gasteiger partial charge in [0.1, 0.15) is 0 Å². The summed E-state index contributed by atoms with van der Waals surface area (Å²) in [5.74, 6) is 0. The van der Waals surface area contributed by atoms with Crippen LogP contribution in [0.4, 0.5) is 0 Å². The van der Waals surface area contributed by atoms with E-state index < -0.39 is 9.76 Å². The molecule has 0 bridgehead atoms. The average Bonchev–Trinajstić information content (AvgIpc) is 2.47. The van der Waals surface area contributed by atoms with Crippen molar-refractivity contribution in [3.05, 3.63) is 60.7 Å². The molecule has 0 aliphatic carbocycles. The molecular formula is C18H25OPSi. The molecule has 0 aliphatic heterocycles. The molecule has 0 saturated carbocycles. The molecule has 112 valence electrons. The quantitative estimate of drug-likeness (QED) is 0.607. The van der Waals surface area contributed by atoms with Gasteiger partial charge in [0.25, 0.3) is 0 Å². The SMILES string of the molecule is CC([SiH2]OC(C)(C)C)P(c1ccccc1)c1ccccc1. The van der Waals surface area contributed by atoms with Crippen molar-refractivity contribution in [3.8, 4) is 0 Å². The molecule has 2 rings (SSSR count). The summed E-state index contributed by atoms with van der Waals surface area (Å²) in [5.41, 5.74) is -0.0190. The van der Waals surface area contributed by atoms with Gasteiger partial charge in [-0.2, -0.15) is 0 Å². The van der Waals surface area contributed by atoms with Gasteiger partial charge in [0.2, 0.25) is 0 Å². The first-order chi connectivity index (χ1) is 9.97. The lowest BCUT2D eigenvalue weighted by Crippen LogP contribution is -2.31. The highest BCUT2D eigenvalue weighted by Crippen LogP contribution is 2.38. The fourth-order valence-electron chi connectivity index (χ4n) is 2.28. The minimum Gasteiger partial charge on any atom is -0.419 e. The van der Waals surface area contributed by atoms with Gasteiger partial charge in [-0.25, -0.2) is 0 Å². The first-order valence-electron chi connectivity index (χ1n) is 7.51. The van der Waals surface area contributed by atoms with E-state index in [-0.39, 0.29) is 13.5 Å². The number of hydrogen-bond donors (Lipinski definition) is 0. The summed E-state index contributed by atoms with van der Waals surface area (Å²) >= 11 is 0. The summed E-state index contributed by atoms with van der Waals surface area (Å²) in [6.07, 6.45) is 0. The van der Waals surface area contributed by atoms with Gasteiger partial charge in [0, 0.05) is 5.60 Å². The van der Waals surface area contributed by atoms with E-state index in [0.29, 0.717) is 5.28 Å². The molecule has 0 fully saturated rings. The molecule has 0 heterocycles. The van der Waals surface area contributed by atoms with Crippen molar-refractivity contribution in [2.24, 2.45) is 0 Å². The van der Waals surface area contributed by atoms with Crippen molar-refractivity contribution < 1.29 is 4.43 Å². The van der Waals surface area contributed by atoms with Crippen molar-refractivity contribution in [1.82, 2.24) is 0 Å². The number of rotatable bonds is 5. The van der Waals surface area contributed by atoms with Gasteiger partial charge in [-0.15, -0.1) is 0 Å². The van der Waals surface area contributed by atoms with Crippen molar-refractivity contribution in [1.29, 1.82) is 0 Å². The monoisotopic (exact) mass is 316 g/mol. The zero-order chi connectivity index (χ0) is 15.3. The molecule has 1 nitrogen and oxygen atoms in total. The molecule has 0 spiro atoms. The van der Waals surface area contributed by atoms with Crippen LogP contribution in [0.25, 0.3) is 0 Å². The molecular weight excluding hydrogens is 291 g/mol. The van der Waals surface area contributed by atoms with E-state index in [2.05, 4.69) is 88.4 Å². The summed E-state index contributed by atoms with van der Waals surface area (Å²) in [5, 5.41) is 3.54. The highest BCUT2D eigenvalue weighted by Gasteiger charge is 2.23. The van der Waals surface area contributed by atoms with Crippen LogP contribution in [0.2, 0.25) is 0 Å². The second-order valence-corrected chi connectivity index (χ2v) is 11.5. The Hall–Kier alpha value is -0.953. The molecule has 0 radical (unpaired) electrons. The van der Waals surface area contributed by atoms with Crippen LogP contribution in [-0.2, 0) is 4.43 Å². The average molecular weight is 316 g/mol. The molecule has 1 unspecified atom stereocenters. The molecule has 3 heteroatoms. The predicted octanol–water partition coefficient (Wildman–Crippen LogP) is 3.36. The van der Waals surface area contributed by atoms with E-state index >= 15 is 0 Å². The molecule has 0 aromatic heterocycles. The maximum atomic E-state index is 6.17. The molecule has 2 aromatic carbocycles. The summed E-state index contributed by atoms with van der Waals surface area (Å²) < 4.78 is 6.17. The van der Waals surface area contributed by atoms with E-state index in [4.69, 9.17) is 4.43 Å². The second-order valence-electron chi connectivity index (χ2n) is 6.31. The fraction of sp³-hybridized carbons (Fsp3) is 0.333. The first-order valence-corrected chi connectivity index (χ1v) is 10.3. The third kappa shape index (κ3) is 5.07. The second kappa shape index (κ2) is 7.35. The molecule has 2 aromatic rings. The minimum absolute atomic E-state index is 0.0190. The topological polar surface area (TPSA) is 9.23 Å². The summed E-state index contributed by atoms with van der Waals surface area (Å²) in [6, 6.07) is 21.8. The molecule has 0 amide bonds. The Morgan fingerprint density at radius 1 is 0.857 bits per heavy atom. The van der Waals surface area contributed by atoms with E-state index in [9.17, 15) is 0 Å². The third-order valence-electron chi connectivity index (χ3n) is 3.27. The maximum absolute atomic E-state index is 6.17. The van der Waals surface area contributed by atoms with Gasteiger partial charge < -0.3 is 4.43 Å². The van der Waals surface area contributed by atoms with E-state index in [1.807, 2.05) is 0 Å². The van der Waals surface area contributed by atoms with Crippen molar-refractivity contribution in [2.45, 2.75) is 38.6 Å². The Labute approximate surface area is 132 Å². The summed E-state index contributed by atoms with van der Waals surface area (Å²) in [4.78, 5) is 0. The van der Waals surface area contributed by atoms with Crippen LogP contribution >= 0.6 is 7.92 Å². The smallest absolute Gasteiger partial charge is 0.169 e. The van der Waals surface area contributed by atoms with Crippen LogP contribution in [0.3, 0.4) is 0 Å². The van der Waals surface area contributed by atoms with Crippen LogP contribution in [-0.4, -0.2) is 20.6 Å². The van der Waals surface area contributed by atoms with Gasteiger partial charge in [-0.3, -0.25) is 0 Å². The first kappa shape index (κ1) is 16.4. The normalized spacial score (nSPS) is 14.0. The summed E-state index contributed by atoms with van der Waals surface area (Å²) in [7, 11) is -0.903. The fourth-order valence-corrected chi connectivity index (χ4v) is 7.41. The van der Waals surface area contributed by atoms with Gasteiger partial charge in [-0.05, 0) is 44.6 Å². The Kier molecular flexibility index (Phi) is 5.75. The lowest BCUT2D eigenvalue weighted by atomic mass is 10.2. The Morgan fingerprint density at radius 3 is 1.67 bits per heavy atom. The lowest BCUT2D eigenvalue weighted by Gasteiger charge is -2.28. The van der Waals surface area contributed by atoms with E-state index in [1.54, 1.807) is 0 Å². The van der Waals surface area contributed by atoms with Gasteiger partial charge in [0.05, 0.1) is 0 Å². The van der Waals surface area contributed by atoms with Gasteiger partial charge in [0.15, 0.2) is 9.76 Å². The zero-order valence-electron chi connectivity index (χ0n) is 13.4. The zero-order valence-corrected chi connectivity index (χ0v) is 15.7. The van der Waals surface area contributed by atoms with Crippen molar-refractivity contribution in [3.63, 3.8) is 0 Å². The largest absolute Gasteiger partial charge is 0.419 e. The lowest BCUT2D eigenvalue weighted by molar-refractivity contribution is 0.138. The van der Waals surface area contributed by atoms with E-state index in [0.717, 1.165) is 0 Å². The van der Waals surface area contributed by atoms with E-state index in [1.165, 1.54) is 10.6 Å². The number of hydrogen-bond acceptors (Lipinski definition) is 1. The minimum atomic E-state index is -0.575.